The van der Waals surface area contributed by atoms with Gasteiger partial charge in [-0.15, -0.1) is 0 Å². The Morgan fingerprint density at radius 3 is 2.45 bits per heavy atom. The molecule has 0 atom stereocenters. The predicted molar refractivity (Wildman–Crippen MR) is 116 cm³/mol. The Bertz CT molecular complexity index is 1460. The summed E-state index contributed by atoms with van der Waals surface area (Å²) in [4.78, 5) is 20.7. The summed E-state index contributed by atoms with van der Waals surface area (Å²) >= 11 is 3.58. The molecule has 0 aliphatic rings. The summed E-state index contributed by atoms with van der Waals surface area (Å²) in [7, 11) is 0. The first kappa shape index (κ1) is 17.6. The number of hydrogen-bond donors (Lipinski definition) is 2. The Kier molecular flexibility index (Phi) is 3.96. The summed E-state index contributed by atoms with van der Waals surface area (Å²) in [6.45, 7) is 0. The number of para-hydroxylation sites is 1. The van der Waals surface area contributed by atoms with Crippen molar-refractivity contribution in [3.8, 4) is 16.9 Å². The zero-order chi connectivity index (χ0) is 20.1. The Morgan fingerprint density at radius 1 is 0.897 bits per heavy atom. The van der Waals surface area contributed by atoms with Crippen molar-refractivity contribution in [3.63, 3.8) is 0 Å². The second-order valence-corrected chi connectivity index (χ2v) is 7.56. The number of aromatic hydroxyl groups is 1. The summed E-state index contributed by atoms with van der Waals surface area (Å²) in [6, 6.07) is 19.4. The van der Waals surface area contributed by atoms with Crippen molar-refractivity contribution in [3.05, 3.63) is 76.9 Å². The molecular formula is C23H13BrN2O3. The largest absolute Gasteiger partial charge is 0.506 e. The quantitative estimate of drug-likeness (QED) is 0.266. The molecule has 0 spiro atoms. The number of aromatic nitrogens is 2. The second-order valence-electron chi connectivity index (χ2n) is 6.71. The van der Waals surface area contributed by atoms with Gasteiger partial charge in [0.2, 0.25) is 0 Å². The molecule has 0 saturated heterocycles. The fourth-order valence-electron chi connectivity index (χ4n) is 3.64. The van der Waals surface area contributed by atoms with E-state index in [1.165, 1.54) is 6.20 Å². The number of fused-ring (bicyclic) bond motifs is 4. The number of nitrogens with zero attached hydrogens (tertiary/aromatic N) is 2. The first-order chi connectivity index (χ1) is 14.0. The van der Waals surface area contributed by atoms with E-state index < -0.39 is 5.97 Å². The minimum Gasteiger partial charge on any atom is -0.506 e. The van der Waals surface area contributed by atoms with Gasteiger partial charge in [-0.2, -0.15) is 0 Å². The van der Waals surface area contributed by atoms with Gasteiger partial charge in [-0.1, -0.05) is 52.3 Å². The highest BCUT2D eigenvalue weighted by atomic mass is 79.9. The number of aromatic carboxylic acids is 1. The van der Waals surface area contributed by atoms with E-state index in [4.69, 9.17) is 4.98 Å². The first-order valence-electron chi connectivity index (χ1n) is 8.87. The van der Waals surface area contributed by atoms with E-state index in [2.05, 4.69) is 20.9 Å². The maximum Gasteiger partial charge on any atom is 0.341 e. The standard InChI is InChI=1S/C23H13BrN2O3/c24-17-7-3-2-6-14(17)15-10-13-9-12-5-1-4-8-18(12)26-20(13)19-21(15)25-11-16(22(19)27)23(28)29/h1-11H,(H,25,27)(H,28,29). The molecule has 0 unspecified atom stereocenters. The van der Waals surface area contributed by atoms with Crippen LogP contribution in [0.3, 0.4) is 0 Å². The number of carboxylic acids is 1. The molecule has 29 heavy (non-hydrogen) atoms. The molecule has 6 heteroatoms. The van der Waals surface area contributed by atoms with Gasteiger partial charge >= 0.3 is 5.97 Å². The first-order valence-corrected chi connectivity index (χ1v) is 9.66. The zero-order valence-electron chi connectivity index (χ0n) is 14.9. The van der Waals surface area contributed by atoms with E-state index in [0.29, 0.717) is 16.4 Å². The van der Waals surface area contributed by atoms with Crippen LogP contribution in [0.1, 0.15) is 10.4 Å². The highest BCUT2D eigenvalue weighted by Crippen LogP contribution is 2.41. The van der Waals surface area contributed by atoms with Crippen LogP contribution in [0, 0.1) is 0 Å². The lowest BCUT2D eigenvalue weighted by Gasteiger charge is -2.14. The third-order valence-corrected chi connectivity index (χ3v) is 5.68. The molecule has 140 valence electrons. The van der Waals surface area contributed by atoms with E-state index in [1.54, 1.807) is 0 Å². The van der Waals surface area contributed by atoms with Crippen LogP contribution in [0.25, 0.3) is 43.8 Å². The highest BCUT2D eigenvalue weighted by Gasteiger charge is 2.21. The van der Waals surface area contributed by atoms with E-state index in [9.17, 15) is 15.0 Å². The average Bonchev–Trinajstić information content (AvgIpc) is 2.72. The minimum absolute atomic E-state index is 0.252. The van der Waals surface area contributed by atoms with Crippen LogP contribution in [0.2, 0.25) is 0 Å². The normalized spacial score (nSPS) is 11.3. The minimum atomic E-state index is -1.24. The summed E-state index contributed by atoms with van der Waals surface area (Å²) in [6.07, 6.45) is 1.19. The maximum atomic E-state index is 11.6. The van der Waals surface area contributed by atoms with Crippen LogP contribution in [-0.4, -0.2) is 26.2 Å². The van der Waals surface area contributed by atoms with E-state index in [0.717, 1.165) is 31.9 Å². The number of rotatable bonds is 2. The van der Waals surface area contributed by atoms with Crippen molar-refractivity contribution in [2.24, 2.45) is 0 Å². The van der Waals surface area contributed by atoms with Crippen LogP contribution >= 0.6 is 15.9 Å². The Hall–Kier alpha value is -3.51. The molecule has 0 amide bonds. The van der Waals surface area contributed by atoms with Crippen molar-refractivity contribution in [2.45, 2.75) is 0 Å². The molecule has 3 aromatic carbocycles. The number of benzene rings is 3. The van der Waals surface area contributed by atoms with E-state index >= 15 is 0 Å². The number of halogens is 1. The molecular weight excluding hydrogens is 432 g/mol. The number of pyridine rings is 2. The molecule has 0 bridgehead atoms. The van der Waals surface area contributed by atoms with E-state index in [-0.39, 0.29) is 11.3 Å². The fourth-order valence-corrected chi connectivity index (χ4v) is 4.14. The van der Waals surface area contributed by atoms with Gasteiger partial charge in [-0.3, -0.25) is 4.98 Å². The van der Waals surface area contributed by atoms with Gasteiger partial charge in [0.25, 0.3) is 0 Å². The summed E-state index contributed by atoms with van der Waals surface area (Å²) < 4.78 is 0.873. The Morgan fingerprint density at radius 2 is 1.66 bits per heavy atom. The van der Waals surface area contributed by atoms with Crippen LogP contribution in [0.4, 0.5) is 0 Å². The van der Waals surface area contributed by atoms with Gasteiger partial charge in [0.1, 0.15) is 11.3 Å². The third kappa shape index (κ3) is 2.72. The molecule has 2 heterocycles. The van der Waals surface area contributed by atoms with Gasteiger partial charge in [0.15, 0.2) is 0 Å². The Balaban J connectivity index is 2.02. The van der Waals surface area contributed by atoms with Gasteiger partial charge in [-0.25, -0.2) is 9.78 Å². The molecule has 0 fully saturated rings. The highest BCUT2D eigenvalue weighted by molar-refractivity contribution is 9.10. The summed E-state index contributed by atoms with van der Waals surface area (Å²) in [5, 5.41) is 22.4. The molecule has 0 radical (unpaired) electrons. The molecule has 5 aromatic rings. The smallest absolute Gasteiger partial charge is 0.341 e. The second kappa shape index (κ2) is 6.53. The monoisotopic (exact) mass is 444 g/mol. The molecule has 2 aromatic heterocycles. The van der Waals surface area contributed by atoms with Crippen molar-refractivity contribution in [1.29, 1.82) is 0 Å². The van der Waals surface area contributed by atoms with Gasteiger partial charge in [0, 0.05) is 27.0 Å². The zero-order valence-corrected chi connectivity index (χ0v) is 16.5. The molecule has 0 saturated carbocycles. The maximum absolute atomic E-state index is 11.6. The third-order valence-electron chi connectivity index (χ3n) is 4.99. The lowest BCUT2D eigenvalue weighted by atomic mass is 9.96. The number of carbonyl (C=O) groups is 1. The van der Waals surface area contributed by atoms with Crippen molar-refractivity contribution < 1.29 is 15.0 Å². The Labute approximate surface area is 173 Å². The molecule has 2 N–H and O–H groups in total. The predicted octanol–water partition coefficient (Wildman–Crippen LogP) is 5.77. The lowest BCUT2D eigenvalue weighted by Crippen LogP contribution is -2.00. The van der Waals surface area contributed by atoms with Crippen LogP contribution in [0.5, 0.6) is 5.75 Å². The van der Waals surface area contributed by atoms with Crippen molar-refractivity contribution in [1.82, 2.24) is 9.97 Å². The fraction of sp³-hybridized carbons (Fsp3) is 0. The van der Waals surface area contributed by atoms with Crippen LogP contribution in [0.15, 0.2) is 71.3 Å². The summed E-state index contributed by atoms with van der Waals surface area (Å²) in [5.74, 6) is -1.57. The SMILES string of the molecule is O=C(O)c1cnc2c(-c3ccccc3Br)cc3cc4ccccc4nc3c2c1O. The number of carboxylic acid groups (broad SMARTS) is 1. The number of hydrogen-bond acceptors (Lipinski definition) is 4. The van der Waals surface area contributed by atoms with Crippen molar-refractivity contribution in [2.75, 3.05) is 0 Å². The molecule has 0 aliphatic heterocycles. The van der Waals surface area contributed by atoms with Crippen LogP contribution < -0.4 is 0 Å². The average molecular weight is 445 g/mol. The van der Waals surface area contributed by atoms with Gasteiger partial charge in [0.05, 0.1) is 21.9 Å². The summed E-state index contributed by atoms with van der Waals surface area (Å²) in [5.41, 5.74) is 3.19. The van der Waals surface area contributed by atoms with E-state index in [1.807, 2.05) is 60.7 Å². The molecule has 5 rings (SSSR count). The van der Waals surface area contributed by atoms with Crippen molar-refractivity contribution >= 4 is 54.6 Å². The van der Waals surface area contributed by atoms with Gasteiger partial charge < -0.3 is 10.2 Å². The lowest BCUT2D eigenvalue weighted by molar-refractivity contribution is 0.0693. The molecule has 5 nitrogen and oxygen atoms in total. The topological polar surface area (TPSA) is 83.3 Å². The van der Waals surface area contributed by atoms with Crippen LogP contribution in [-0.2, 0) is 0 Å². The van der Waals surface area contributed by atoms with Gasteiger partial charge in [-0.05, 0) is 29.8 Å². The molecule has 0 aliphatic carbocycles.